The van der Waals surface area contributed by atoms with Crippen molar-refractivity contribution >= 4 is 82.9 Å². The number of nitriles is 2. The van der Waals surface area contributed by atoms with Gasteiger partial charge < -0.3 is 39.4 Å². The van der Waals surface area contributed by atoms with E-state index in [1.165, 1.54) is 13.3 Å². The molecule has 0 saturated heterocycles. The molecule has 0 saturated carbocycles. The number of aromatic nitrogens is 2. The SMILES string of the molecule is COc1cc(C2C(C#N)=C(N)Oc3c2nc(Cl)c2ccccc32)cc(Br)c1OC.COc1cc(C=O)cc(Br)c1OC.Oc1cnc(Cl)c2ccccc12.[C-]#[N+]CC#N. The predicted octanol–water partition coefficient (Wildman–Crippen LogP) is 10.2. The number of carbonyl (C=O) groups is 1. The smallest absolute Gasteiger partial charge is 0.298 e. The average molecular weight is 963 g/mol. The number of benzene rings is 4. The molecule has 6 aromatic rings. The van der Waals surface area contributed by atoms with Gasteiger partial charge in [-0.05, 0) is 61.7 Å². The Bertz CT molecular complexity index is 2630. The van der Waals surface area contributed by atoms with E-state index in [0.29, 0.717) is 59.3 Å². The first-order valence-electron chi connectivity index (χ1n) is 16.8. The number of pyridine rings is 2. The third-order valence-electron chi connectivity index (χ3n) is 8.26. The van der Waals surface area contributed by atoms with E-state index >= 15 is 0 Å². The number of allylic oxidation sites excluding steroid dienone is 1. The van der Waals surface area contributed by atoms with E-state index in [2.05, 4.69) is 52.7 Å². The topological polar surface area (TPSA) is 187 Å². The minimum Gasteiger partial charge on any atom is -0.506 e. The normalized spacial score (nSPS) is 12.2. The number of rotatable bonds is 6. The van der Waals surface area contributed by atoms with Gasteiger partial charge in [-0.3, -0.25) is 4.79 Å². The number of carbonyl (C=O) groups excluding carboxylic acids is 1. The molecule has 0 amide bonds. The molecule has 1 aliphatic rings. The lowest BCUT2D eigenvalue weighted by atomic mass is 9.85. The molecule has 4 aromatic carbocycles. The number of fused-ring (bicyclic) bond motifs is 4. The average Bonchev–Trinajstić information content (AvgIpc) is 3.25. The second-order valence-electron chi connectivity index (χ2n) is 11.6. The largest absolute Gasteiger partial charge is 0.506 e. The van der Waals surface area contributed by atoms with Gasteiger partial charge in [0.1, 0.15) is 40.1 Å². The summed E-state index contributed by atoms with van der Waals surface area (Å²) in [5.74, 6) is 2.28. The Labute approximate surface area is 366 Å². The molecule has 7 rings (SSSR count). The van der Waals surface area contributed by atoms with Crippen molar-refractivity contribution in [2.45, 2.75) is 5.92 Å². The summed E-state index contributed by atoms with van der Waals surface area (Å²) in [5.41, 5.74) is 8.17. The van der Waals surface area contributed by atoms with Crippen molar-refractivity contribution in [1.82, 2.24) is 9.97 Å². The van der Waals surface area contributed by atoms with Crippen LogP contribution in [0.4, 0.5) is 0 Å². The molecular formula is C42H32Br2Cl2N6O7. The van der Waals surface area contributed by atoms with E-state index in [1.807, 2.05) is 48.5 Å². The van der Waals surface area contributed by atoms with E-state index in [9.17, 15) is 15.2 Å². The van der Waals surface area contributed by atoms with Crippen LogP contribution in [0.1, 0.15) is 27.5 Å². The number of ether oxygens (including phenoxy) is 5. The summed E-state index contributed by atoms with van der Waals surface area (Å²) >= 11 is 19.0. The number of methoxy groups -OCH3 is 4. The fraction of sp³-hybridized carbons (Fsp3) is 0.143. The molecule has 2 aromatic heterocycles. The van der Waals surface area contributed by atoms with E-state index in [1.54, 1.807) is 51.7 Å². The van der Waals surface area contributed by atoms with Gasteiger partial charge in [-0.15, -0.1) is 0 Å². The highest BCUT2D eigenvalue weighted by atomic mass is 79.9. The number of nitrogens with two attached hydrogens (primary N) is 1. The molecule has 1 aliphatic heterocycles. The molecule has 3 heterocycles. The van der Waals surface area contributed by atoms with Crippen molar-refractivity contribution in [1.29, 1.82) is 10.5 Å². The molecule has 0 fully saturated rings. The first-order valence-corrected chi connectivity index (χ1v) is 19.1. The van der Waals surface area contributed by atoms with Crippen LogP contribution in [0.2, 0.25) is 10.3 Å². The van der Waals surface area contributed by atoms with Crippen LogP contribution in [0.3, 0.4) is 0 Å². The summed E-state index contributed by atoms with van der Waals surface area (Å²) in [4.78, 5) is 21.6. The molecule has 0 spiro atoms. The van der Waals surface area contributed by atoms with E-state index in [4.69, 9.17) is 64.5 Å². The summed E-state index contributed by atoms with van der Waals surface area (Å²) in [6.45, 7) is 5.99. The van der Waals surface area contributed by atoms with Crippen LogP contribution in [0.25, 0.3) is 26.4 Å². The van der Waals surface area contributed by atoms with Crippen LogP contribution in [0.15, 0.2) is 99.4 Å². The summed E-state index contributed by atoms with van der Waals surface area (Å²) in [5, 5.41) is 30.5. The van der Waals surface area contributed by atoms with Crippen LogP contribution >= 0.6 is 55.1 Å². The van der Waals surface area contributed by atoms with Gasteiger partial charge in [0.2, 0.25) is 5.88 Å². The van der Waals surface area contributed by atoms with E-state index in [-0.39, 0.29) is 23.8 Å². The zero-order valence-electron chi connectivity index (χ0n) is 31.6. The third kappa shape index (κ3) is 10.4. The molecule has 3 N–H and O–H groups in total. The molecule has 0 bridgehead atoms. The molecule has 300 valence electrons. The monoisotopic (exact) mass is 960 g/mol. The van der Waals surface area contributed by atoms with E-state index in [0.717, 1.165) is 33.4 Å². The second-order valence-corrected chi connectivity index (χ2v) is 14.1. The lowest BCUT2D eigenvalue weighted by molar-refractivity contribution is 0.112. The minimum absolute atomic E-state index is 0.0139. The van der Waals surface area contributed by atoms with Gasteiger partial charge in [0.25, 0.3) is 6.54 Å². The van der Waals surface area contributed by atoms with Crippen LogP contribution in [-0.4, -0.2) is 56.3 Å². The first kappa shape index (κ1) is 45.4. The lowest BCUT2D eigenvalue weighted by Gasteiger charge is -2.27. The van der Waals surface area contributed by atoms with Gasteiger partial charge >= 0.3 is 0 Å². The Hall–Kier alpha value is -6.28. The van der Waals surface area contributed by atoms with Crippen molar-refractivity contribution in [2.75, 3.05) is 35.0 Å². The van der Waals surface area contributed by atoms with Gasteiger partial charge in [-0.25, -0.2) is 16.5 Å². The highest BCUT2D eigenvalue weighted by Gasteiger charge is 2.35. The van der Waals surface area contributed by atoms with Crippen LogP contribution in [0.5, 0.6) is 34.5 Å². The van der Waals surface area contributed by atoms with Crippen molar-refractivity contribution in [3.05, 3.63) is 138 Å². The number of aromatic hydroxyl groups is 1. The van der Waals surface area contributed by atoms with Gasteiger partial charge in [-0.2, -0.15) is 10.5 Å². The molecule has 17 heteroatoms. The molecule has 1 unspecified atom stereocenters. The van der Waals surface area contributed by atoms with Gasteiger partial charge in [0.15, 0.2) is 28.7 Å². The van der Waals surface area contributed by atoms with E-state index < -0.39 is 5.92 Å². The Morgan fingerprint density at radius 1 is 0.881 bits per heavy atom. The summed E-state index contributed by atoms with van der Waals surface area (Å²) in [6, 6.07) is 25.6. The maximum Gasteiger partial charge on any atom is 0.298 e. The quantitative estimate of drug-likeness (QED) is 0.0697. The molecule has 59 heavy (non-hydrogen) atoms. The number of nitrogens with zero attached hydrogens (tertiary/aromatic N) is 5. The Kier molecular flexibility index (Phi) is 16.5. The van der Waals surface area contributed by atoms with Crippen LogP contribution in [-0.2, 0) is 0 Å². The number of aldehydes is 1. The first-order chi connectivity index (χ1) is 28.4. The number of hydrogen-bond donors (Lipinski definition) is 2. The molecule has 0 aliphatic carbocycles. The minimum atomic E-state index is -0.582. The van der Waals surface area contributed by atoms with Crippen LogP contribution in [0, 0.1) is 29.2 Å². The predicted molar refractivity (Wildman–Crippen MR) is 231 cm³/mol. The van der Waals surface area contributed by atoms with Crippen LogP contribution < -0.4 is 29.4 Å². The Morgan fingerprint density at radius 3 is 1.95 bits per heavy atom. The summed E-state index contributed by atoms with van der Waals surface area (Å²) in [7, 11) is 6.17. The highest BCUT2D eigenvalue weighted by Crippen LogP contribution is 2.48. The standard InChI is InChI=1S/C21H15BrClN3O3.C9H9BrO3.C9H6ClNO.C3H2N2/c1-27-15-8-10(7-14(22)19(15)28-2)16-13(9-24)21(25)29-18-11-5-3-4-6-12(11)20(23)26-17(16)18;1-12-8-4-6(5-11)3-7(10)9(8)13-2;10-9-7-4-2-1-3-6(7)8(12)5-11-9;1-5-3-2-4/h3-8,16H,25H2,1-2H3;3-5H,1-2H3;1-5,12H;3H2. The fourth-order valence-electron chi connectivity index (χ4n) is 5.70. The van der Waals surface area contributed by atoms with Crippen molar-refractivity contribution < 1.29 is 33.6 Å². The fourth-order valence-corrected chi connectivity index (χ4v) is 7.41. The van der Waals surface area contributed by atoms with Crippen molar-refractivity contribution in [3.63, 3.8) is 0 Å². The second kappa shape index (κ2) is 21.5. The van der Waals surface area contributed by atoms with Crippen molar-refractivity contribution in [3.8, 4) is 46.6 Å². The maximum atomic E-state index is 10.5. The summed E-state index contributed by atoms with van der Waals surface area (Å²) < 4.78 is 28.2. The van der Waals surface area contributed by atoms with Gasteiger partial charge in [0.05, 0.1) is 55.2 Å². The van der Waals surface area contributed by atoms with Gasteiger partial charge in [0, 0.05) is 27.1 Å². The number of hydrogen-bond acceptors (Lipinski definition) is 12. The zero-order valence-corrected chi connectivity index (χ0v) is 36.3. The lowest BCUT2D eigenvalue weighted by Crippen LogP contribution is -2.22. The molecular weight excluding hydrogens is 931 g/mol. The Balaban J connectivity index is 0.000000211. The maximum absolute atomic E-state index is 10.5. The molecule has 13 nitrogen and oxygen atoms in total. The molecule has 0 radical (unpaired) electrons. The highest BCUT2D eigenvalue weighted by molar-refractivity contribution is 9.11. The van der Waals surface area contributed by atoms with Crippen molar-refractivity contribution in [2.24, 2.45) is 5.73 Å². The Morgan fingerprint density at radius 2 is 1.44 bits per heavy atom. The number of halogens is 4. The summed E-state index contributed by atoms with van der Waals surface area (Å²) in [6.07, 6.45) is 2.11. The zero-order chi connectivity index (χ0) is 43.2. The third-order valence-corrected chi connectivity index (χ3v) is 10.0. The molecule has 1 atom stereocenters. The van der Waals surface area contributed by atoms with Gasteiger partial charge in [-0.1, -0.05) is 71.7 Å².